The van der Waals surface area contributed by atoms with Crippen LogP contribution >= 0.6 is 0 Å². The highest BCUT2D eigenvalue weighted by Crippen LogP contribution is 2.25. The number of hydrogen-bond acceptors (Lipinski definition) is 4. The number of halogens is 3. The topological polar surface area (TPSA) is 64.9 Å². The van der Waals surface area contributed by atoms with Crippen molar-refractivity contribution in [2.24, 2.45) is 5.73 Å². The monoisotopic (exact) mass is 229 g/mol. The van der Waals surface area contributed by atoms with Gasteiger partial charge >= 0.3 is 0 Å². The standard InChI is InChI=1S/C9H6F3N3O/c10-4-1-2-5(11)8(12)7(4)9-14-6(3-13)16-15-9/h1-2H,3,13H2. The van der Waals surface area contributed by atoms with Crippen molar-refractivity contribution in [2.75, 3.05) is 0 Å². The molecule has 0 aliphatic rings. The second-order valence-electron chi connectivity index (χ2n) is 2.93. The Bertz CT molecular complexity index is 527. The zero-order valence-corrected chi connectivity index (χ0v) is 7.88. The molecule has 0 unspecified atom stereocenters. The number of aromatic nitrogens is 2. The van der Waals surface area contributed by atoms with Gasteiger partial charge in [0.15, 0.2) is 11.6 Å². The highest BCUT2D eigenvalue weighted by atomic mass is 19.2. The average Bonchev–Trinajstić information content (AvgIpc) is 2.73. The minimum Gasteiger partial charge on any atom is -0.338 e. The summed E-state index contributed by atoms with van der Waals surface area (Å²) in [6.45, 7) is -0.0639. The third-order valence-electron chi connectivity index (χ3n) is 1.91. The smallest absolute Gasteiger partial charge is 0.240 e. The predicted molar refractivity (Wildman–Crippen MR) is 47.5 cm³/mol. The molecule has 2 aromatic rings. The lowest BCUT2D eigenvalue weighted by Gasteiger charge is -1.99. The second kappa shape index (κ2) is 3.93. The van der Waals surface area contributed by atoms with Gasteiger partial charge in [-0.15, -0.1) is 0 Å². The minimum absolute atomic E-state index is 0.0121. The van der Waals surface area contributed by atoms with Gasteiger partial charge in [-0.25, -0.2) is 13.2 Å². The SMILES string of the molecule is NCc1nc(-c2c(F)ccc(F)c2F)no1. The summed E-state index contributed by atoms with van der Waals surface area (Å²) in [4.78, 5) is 3.61. The number of benzene rings is 1. The summed E-state index contributed by atoms with van der Waals surface area (Å²) in [7, 11) is 0. The van der Waals surface area contributed by atoms with Crippen LogP contribution in [0, 0.1) is 17.5 Å². The number of rotatable bonds is 2. The van der Waals surface area contributed by atoms with Crippen molar-refractivity contribution < 1.29 is 17.7 Å². The summed E-state index contributed by atoms with van der Waals surface area (Å²) in [5.74, 6) is -3.86. The number of nitrogens with zero attached hydrogens (tertiary/aromatic N) is 2. The van der Waals surface area contributed by atoms with Gasteiger partial charge in [0.1, 0.15) is 5.82 Å². The Kier molecular flexibility index (Phi) is 2.61. The molecule has 0 radical (unpaired) electrons. The van der Waals surface area contributed by atoms with Crippen molar-refractivity contribution in [2.45, 2.75) is 6.54 Å². The molecule has 0 aliphatic heterocycles. The van der Waals surface area contributed by atoms with E-state index in [1.54, 1.807) is 0 Å². The molecule has 0 atom stereocenters. The van der Waals surface area contributed by atoms with Crippen LogP contribution in [-0.4, -0.2) is 10.1 Å². The van der Waals surface area contributed by atoms with E-state index in [0.717, 1.165) is 6.07 Å². The molecule has 0 amide bonds. The lowest BCUT2D eigenvalue weighted by atomic mass is 10.2. The van der Waals surface area contributed by atoms with Crippen molar-refractivity contribution in [3.8, 4) is 11.4 Å². The maximum Gasteiger partial charge on any atom is 0.240 e. The van der Waals surface area contributed by atoms with Crippen LogP contribution in [-0.2, 0) is 6.54 Å². The third kappa shape index (κ3) is 1.65. The molecule has 0 saturated heterocycles. The van der Waals surface area contributed by atoms with Gasteiger partial charge in [-0.05, 0) is 12.1 Å². The van der Waals surface area contributed by atoms with E-state index in [-0.39, 0.29) is 18.3 Å². The fourth-order valence-electron chi connectivity index (χ4n) is 1.17. The molecule has 7 heteroatoms. The van der Waals surface area contributed by atoms with Crippen molar-refractivity contribution in [3.63, 3.8) is 0 Å². The average molecular weight is 229 g/mol. The highest BCUT2D eigenvalue weighted by molar-refractivity contribution is 5.56. The van der Waals surface area contributed by atoms with Gasteiger partial charge in [-0.3, -0.25) is 0 Å². The van der Waals surface area contributed by atoms with Crippen molar-refractivity contribution in [1.29, 1.82) is 0 Å². The summed E-state index contributed by atoms with van der Waals surface area (Å²) in [6.07, 6.45) is 0. The maximum absolute atomic E-state index is 13.3. The third-order valence-corrected chi connectivity index (χ3v) is 1.91. The Balaban J connectivity index is 2.58. The van der Waals surface area contributed by atoms with Crippen LogP contribution in [0.15, 0.2) is 16.7 Å². The molecule has 1 aromatic carbocycles. The Morgan fingerprint density at radius 3 is 2.50 bits per heavy atom. The highest BCUT2D eigenvalue weighted by Gasteiger charge is 2.20. The normalized spacial score (nSPS) is 10.8. The number of hydrogen-bond donors (Lipinski definition) is 1. The first-order chi connectivity index (χ1) is 7.63. The zero-order valence-electron chi connectivity index (χ0n) is 7.88. The fraction of sp³-hybridized carbons (Fsp3) is 0.111. The fourth-order valence-corrected chi connectivity index (χ4v) is 1.17. The molecule has 2 rings (SSSR count). The first-order valence-electron chi connectivity index (χ1n) is 4.30. The molecule has 0 fully saturated rings. The van der Waals surface area contributed by atoms with Crippen molar-refractivity contribution in [1.82, 2.24) is 10.1 Å². The number of nitrogens with two attached hydrogens (primary N) is 1. The molecule has 0 saturated carbocycles. The van der Waals surface area contributed by atoms with Gasteiger partial charge < -0.3 is 10.3 Å². The van der Waals surface area contributed by atoms with E-state index >= 15 is 0 Å². The van der Waals surface area contributed by atoms with E-state index in [1.807, 2.05) is 0 Å². The van der Waals surface area contributed by atoms with Crippen molar-refractivity contribution >= 4 is 0 Å². The summed E-state index contributed by atoms with van der Waals surface area (Å²) in [5, 5.41) is 3.31. The lowest BCUT2D eigenvalue weighted by Crippen LogP contribution is -1.98. The van der Waals surface area contributed by atoms with E-state index in [4.69, 9.17) is 5.73 Å². The van der Waals surface area contributed by atoms with E-state index in [0.29, 0.717) is 6.07 Å². The largest absolute Gasteiger partial charge is 0.338 e. The summed E-state index contributed by atoms with van der Waals surface area (Å²) < 4.78 is 44.0. The van der Waals surface area contributed by atoms with E-state index in [1.165, 1.54) is 0 Å². The molecule has 0 bridgehead atoms. The molecule has 1 heterocycles. The Labute approximate surface area is 87.9 Å². The van der Waals surface area contributed by atoms with E-state index in [2.05, 4.69) is 14.7 Å². The minimum atomic E-state index is -1.36. The van der Waals surface area contributed by atoms with Gasteiger partial charge in [-0.2, -0.15) is 4.98 Å². The summed E-state index contributed by atoms with van der Waals surface area (Å²) in [5.41, 5.74) is 4.53. The molecular formula is C9H6F3N3O. The van der Waals surface area contributed by atoms with E-state index < -0.39 is 23.0 Å². The van der Waals surface area contributed by atoms with Crippen LogP contribution in [0.25, 0.3) is 11.4 Å². The first-order valence-corrected chi connectivity index (χ1v) is 4.30. The van der Waals surface area contributed by atoms with Gasteiger partial charge in [0, 0.05) is 0 Å². The van der Waals surface area contributed by atoms with Crippen molar-refractivity contribution in [3.05, 3.63) is 35.5 Å². The van der Waals surface area contributed by atoms with Crippen LogP contribution in [0.3, 0.4) is 0 Å². The van der Waals surface area contributed by atoms with Crippen LogP contribution in [0.1, 0.15) is 5.89 Å². The maximum atomic E-state index is 13.3. The predicted octanol–water partition coefficient (Wildman–Crippen LogP) is 1.61. The Morgan fingerprint density at radius 1 is 1.19 bits per heavy atom. The first kappa shape index (κ1) is 10.6. The molecule has 16 heavy (non-hydrogen) atoms. The van der Waals surface area contributed by atoms with Gasteiger partial charge in [-0.1, -0.05) is 5.16 Å². The summed E-state index contributed by atoms with van der Waals surface area (Å²) in [6, 6.07) is 1.46. The molecule has 1 aromatic heterocycles. The summed E-state index contributed by atoms with van der Waals surface area (Å²) >= 11 is 0. The van der Waals surface area contributed by atoms with Crippen LogP contribution in [0.5, 0.6) is 0 Å². The molecular weight excluding hydrogens is 223 g/mol. The molecule has 2 N–H and O–H groups in total. The van der Waals surface area contributed by atoms with Gasteiger partial charge in [0.25, 0.3) is 0 Å². The van der Waals surface area contributed by atoms with E-state index in [9.17, 15) is 13.2 Å². The van der Waals surface area contributed by atoms with Crippen LogP contribution in [0.2, 0.25) is 0 Å². The lowest BCUT2D eigenvalue weighted by molar-refractivity contribution is 0.380. The zero-order chi connectivity index (χ0) is 11.7. The molecule has 4 nitrogen and oxygen atoms in total. The van der Waals surface area contributed by atoms with Crippen LogP contribution in [0.4, 0.5) is 13.2 Å². The molecule has 0 spiro atoms. The second-order valence-corrected chi connectivity index (χ2v) is 2.93. The molecule has 0 aliphatic carbocycles. The van der Waals surface area contributed by atoms with Gasteiger partial charge in [0.05, 0.1) is 12.1 Å². The Morgan fingerprint density at radius 2 is 1.88 bits per heavy atom. The van der Waals surface area contributed by atoms with Gasteiger partial charge in [0.2, 0.25) is 11.7 Å². The Hall–Kier alpha value is -1.89. The molecule has 84 valence electrons. The quantitative estimate of drug-likeness (QED) is 0.794. The van der Waals surface area contributed by atoms with Crippen LogP contribution < -0.4 is 5.73 Å².